The number of hydrogen-bond acceptors (Lipinski definition) is 6. The third kappa shape index (κ3) is 5.66. The van der Waals surface area contributed by atoms with E-state index in [4.69, 9.17) is 14.6 Å². The molecule has 3 heterocycles. The van der Waals surface area contributed by atoms with Crippen LogP contribution in [0.3, 0.4) is 0 Å². The number of likely N-dealkylation sites (tertiary alicyclic amines) is 1. The van der Waals surface area contributed by atoms with Gasteiger partial charge in [0.25, 0.3) is 0 Å². The molecule has 1 spiro atoms. The van der Waals surface area contributed by atoms with Gasteiger partial charge in [-0.15, -0.1) is 0 Å². The zero-order valence-electron chi connectivity index (χ0n) is 23.8. The molecule has 6 atom stereocenters. The average molecular weight is 544 g/mol. The molecule has 3 fully saturated rings. The number of carbonyl (C=O) groups is 3. The van der Waals surface area contributed by atoms with Crippen molar-refractivity contribution in [2.75, 3.05) is 25.1 Å². The number of nitrogens with one attached hydrogen (secondary N) is 2. The SMILES string of the molecule is CCCC(C)NC(=O)C1N(CCCCCCO)C(=O)[C@@H]2[C@H](C(=O)Nc3ccc(OCC)cc3)[C@]3(C)CCC12O3. The number of benzene rings is 1. The van der Waals surface area contributed by atoms with Gasteiger partial charge in [-0.2, -0.15) is 0 Å². The van der Waals surface area contributed by atoms with E-state index < -0.39 is 29.1 Å². The summed E-state index contributed by atoms with van der Waals surface area (Å²) in [7, 11) is 0. The van der Waals surface area contributed by atoms with Crippen molar-refractivity contribution in [2.24, 2.45) is 11.8 Å². The Morgan fingerprint density at radius 1 is 1.13 bits per heavy atom. The third-order valence-corrected chi connectivity index (χ3v) is 8.66. The number of ether oxygens (including phenoxy) is 2. The van der Waals surface area contributed by atoms with E-state index in [1.807, 2.05) is 20.8 Å². The molecule has 0 aliphatic carbocycles. The van der Waals surface area contributed by atoms with Crippen molar-refractivity contribution in [1.82, 2.24) is 10.2 Å². The topological polar surface area (TPSA) is 117 Å². The lowest BCUT2D eigenvalue weighted by atomic mass is 9.66. The van der Waals surface area contributed by atoms with Gasteiger partial charge in [-0.1, -0.05) is 26.2 Å². The maximum atomic E-state index is 14.1. The van der Waals surface area contributed by atoms with Gasteiger partial charge in [-0.3, -0.25) is 14.4 Å². The van der Waals surface area contributed by atoms with Crippen LogP contribution < -0.4 is 15.4 Å². The zero-order chi connectivity index (χ0) is 28.2. The van der Waals surface area contributed by atoms with Crippen LogP contribution in [0.25, 0.3) is 0 Å². The Morgan fingerprint density at radius 3 is 2.51 bits per heavy atom. The molecule has 2 bridgehead atoms. The Morgan fingerprint density at radius 2 is 1.85 bits per heavy atom. The standard InChI is InChI=1S/C30H45N3O6/c1-5-11-20(3)31-27(36)25-30-17-16-29(4,39-30)23(24(30)28(37)33(25)18-9-7-8-10-19-34)26(35)32-21-12-14-22(15-13-21)38-6-2/h12-15,20,23-25,34H,5-11,16-19H2,1-4H3,(H,31,36)(H,32,35)/t20?,23-,24+,25?,29+,30?/m1/s1. The van der Waals surface area contributed by atoms with E-state index in [2.05, 4.69) is 17.6 Å². The summed E-state index contributed by atoms with van der Waals surface area (Å²) in [6.45, 7) is 9.00. The average Bonchev–Trinajstić information content (AvgIpc) is 3.46. The maximum absolute atomic E-state index is 14.1. The Hall–Kier alpha value is -2.65. The molecule has 0 radical (unpaired) electrons. The van der Waals surface area contributed by atoms with Gasteiger partial charge in [0.15, 0.2) is 0 Å². The Balaban J connectivity index is 1.59. The summed E-state index contributed by atoms with van der Waals surface area (Å²) in [6.07, 6.45) is 6.11. The van der Waals surface area contributed by atoms with Gasteiger partial charge in [-0.25, -0.2) is 0 Å². The highest BCUT2D eigenvalue weighted by Gasteiger charge is 2.77. The minimum absolute atomic E-state index is 0.0209. The van der Waals surface area contributed by atoms with Crippen LogP contribution in [0.5, 0.6) is 5.75 Å². The first kappa shape index (κ1) is 29.3. The van der Waals surface area contributed by atoms with E-state index in [1.165, 1.54) is 0 Å². The van der Waals surface area contributed by atoms with Gasteiger partial charge in [0.05, 0.1) is 24.0 Å². The molecule has 3 aliphatic heterocycles. The summed E-state index contributed by atoms with van der Waals surface area (Å²) in [5.41, 5.74) is -1.22. The molecular formula is C30H45N3O6. The number of aliphatic hydroxyl groups is 1. The van der Waals surface area contributed by atoms with Gasteiger partial charge in [0.1, 0.15) is 17.4 Å². The van der Waals surface area contributed by atoms with Crippen LogP contribution in [0.4, 0.5) is 5.69 Å². The van der Waals surface area contributed by atoms with Crippen molar-refractivity contribution in [3.05, 3.63) is 24.3 Å². The van der Waals surface area contributed by atoms with E-state index in [0.717, 1.165) is 37.9 Å². The minimum atomic E-state index is -1.02. The number of aliphatic hydroxyl groups excluding tert-OH is 1. The van der Waals surface area contributed by atoms with Crippen LogP contribution in [0, 0.1) is 11.8 Å². The Bertz CT molecular complexity index is 1030. The maximum Gasteiger partial charge on any atom is 0.246 e. The summed E-state index contributed by atoms with van der Waals surface area (Å²) in [4.78, 5) is 43.3. The van der Waals surface area contributed by atoms with Crippen molar-refractivity contribution in [2.45, 2.75) is 102 Å². The minimum Gasteiger partial charge on any atom is -0.494 e. The molecule has 3 amide bonds. The molecule has 9 heteroatoms. The van der Waals surface area contributed by atoms with Gasteiger partial charge in [0.2, 0.25) is 17.7 Å². The van der Waals surface area contributed by atoms with Crippen LogP contribution in [0.15, 0.2) is 24.3 Å². The number of hydrogen-bond donors (Lipinski definition) is 3. The number of anilines is 1. The lowest BCUT2D eigenvalue weighted by Gasteiger charge is -2.34. The van der Waals surface area contributed by atoms with Crippen LogP contribution in [-0.2, 0) is 19.1 Å². The lowest BCUT2D eigenvalue weighted by Crippen LogP contribution is -2.56. The third-order valence-electron chi connectivity index (χ3n) is 8.66. The largest absolute Gasteiger partial charge is 0.494 e. The van der Waals surface area contributed by atoms with E-state index in [0.29, 0.717) is 38.1 Å². The Labute approximate surface area is 232 Å². The number of nitrogens with zero attached hydrogens (tertiary/aromatic N) is 1. The molecule has 3 unspecified atom stereocenters. The first-order valence-corrected chi connectivity index (χ1v) is 14.7. The summed E-state index contributed by atoms with van der Waals surface area (Å²) < 4.78 is 12.2. The van der Waals surface area contributed by atoms with Gasteiger partial charge in [0, 0.05) is 24.9 Å². The molecule has 9 nitrogen and oxygen atoms in total. The van der Waals surface area contributed by atoms with E-state index in [9.17, 15) is 14.4 Å². The molecule has 39 heavy (non-hydrogen) atoms. The summed E-state index contributed by atoms with van der Waals surface area (Å²) >= 11 is 0. The van der Waals surface area contributed by atoms with Gasteiger partial charge in [-0.05, 0) is 77.1 Å². The van der Waals surface area contributed by atoms with E-state index >= 15 is 0 Å². The lowest BCUT2D eigenvalue weighted by molar-refractivity contribution is -0.145. The highest BCUT2D eigenvalue weighted by atomic mass is 16.5. The number of rotatable bonds is 14. The van der Waals surface area contributed by atoms with Crippen molar-refractivity contribution >= 4 is 23.4 Å². The van der Waals surface area contributed by atoms with Crippen LogP contribution in [0.2, 0.25) is 0 Å². The summed E-state index contributed by atoms with van der Waals surface area (Å²) in [6, 6.07) is 6.39. The van der Waals surface area contributed by atoms with Crippen molar-refractivity contribution in [3.63, 3.8) is 0 Å². The van der Waals surface area contributed by atoms with Crippen LogP contribution in [-0.4, -0.2) is 70.8 Å². The second-order valence-corrected chi connectivity index (χ2v) is 11.5. The van der Waals surface area contributed by atoms with Gasteiger partial charge >= 0.3 is 0 Å². The number of fused-ring (bicyclic) bond motifs is 1. The van der Waals surface area contributed by atoms with Gasteiger partial charge < -0.3 is 30.1 Å². The molecule has 4 rings (SSSR count). The van der Waals surface area contributed by atoms with Crippen molar-refractivity contribution in [1.29, 1.82) is 0 Å². The summed E-state index contributed by atoms with van der Waals surface area (Å²) in [5, 5.41) is 15.2. The predicted octanol–water partition coefficient (Wildman–Crippen LogP) is 3.65. The number of amides is 3. The molecule has 1 aromatic rings. The first-order valence-electron chi connectivity index (χ1n) is 14.7. The first-order chi connectivity index (χ1) is 18.7. The van der Waals surface area contributed by atoms with Crippen molar-refractivity contribution in [3.8, 4) is 5.75 Å². The Kier molecular flexibility index (Phi) is 9.21. The zero-order valence-corrected chi connectivity index (χ0v) is 23.8. The second kappa shape index (κ2) is 12.3. The second-order valence-electron chi connectivity index (χ2n) is 11.5. The van der Waals surface area contributed by atoms with Crippen LogP contribution in [0.1, 0.15) is 79.1 Å². The van der Waals surface area contributed by atoms with E-state index in [-0.39, 0.29) is 30.4 Å². The fraction of sp³-hybridized carbons (Fsp3) is 0.700. The van der Waals surface area contributed by atoms with E-state index in [1.54, 1.807) is 29.2 Å². The van der Waals surface area contributed by atoms with Crippen molar-refractivity contribution < 1.29 is 29.0 Å². The normalized spacial score (nSPS) is 29.8. The molecule has 3 saturated heterocycles. The smallest absolute Gasteiger partial charge is 0.246 e. The van der Waals surface area contributed by atoms with Crippen LogP contribution >= 0.6 is 0 Å². The fourth-order valence-electron chi connectivity index (χ4n) is 6.96. The number of unbranched alkanes of at least 4 members (excludes halogenated alkanes) is 3. The molecule has 3 aliphatic rings. The fourth-order valence-corrected chi connectivity index (χ4v) is 6.96. The summed E-state index contributed by atoms with van der Waals surface area (Å²) in [5.74, 6) is -1.32. The molecule has 0 aromatic heterocycles. The molecule has 1 aromatic carbocycles. The molecular weight excluding hydrogens is 498 g/mol. The number of carbonyl (C=O) groups excluding carboxylic acids is 3. The quantitative estimate of drug-likeness (QED) is 0.309. The monoisotopic (exact) mass is 543 g/mol. The highest BCUT2D eigenvalue weighted by molar-refractivity contribution is 6.02. The molecule has 3 N–H and O–H groups in total. The molecule has 0 saturated carbocycles. The molecule has 216 valence electrons. The highest BCUT2D eigenvalue weighted by Crippen LogP contribution is 2.63. The predicted molar refractivity (Wildman–Crippen MR) is 148 cm³/mol.